The predicted molar refractivity (Wildman–Crippen MR) is 101 cm³/mol. The molecule has 0 saturated heterocycles. The Kier molecular flexibility index (Phi) is 11.1. The minimum absolute atomic E-state index is 0.220. The first-order valence-electron chi connectivity index (χ1n) is 8.25. The molecule has 0 aliphatic carbocycles. The lowest BCUT2D eigenvalue weighted by Crippen LogP contribution is -2.38. The molecule has 23 heavy (non-hydrogen) atoms. The molecule has 0 fully saturated rings. The molecule has 1 aliphatic heterocycles. The minimum atomic E-state index is 0.220. The molecule has 0 N–H and O–H groups in total. The average molecular weight is 338 g/mol. The molecule has 2 heterocycles. The summed E-state index contributed by atoms with van der Waals surface area (Å²) < 4.78 is 16.5. The van der Waals surface area contributed by atoms with Crippen LogP contribution in [0.2, 0.25) is 0 Å². The van der Waals surface area contributed by atoms with Crippen molar-refractivity contribution in [2.24, 2.45) is 5.92 Å². The van der Waals surface area contributed by atoms with Crippen LogP contribution in [0, 0.1) is 5.92 Å². The van der Waals surface area contributed by atoms with Crippen molar-refractivity contribution >= 4 is 12.3 Å². The van der Waals surface area contributed by atoms with Gasteiger partial charge in [0.1, 0.15) is 18.4 Å². The van der Waals surface area contributed by atoms with Crippen molar-refractivity contribution in [1.29, 1.82) is 0 Å². The summed E-state index contributed by atoms with van der Waals surface area (Å²) in [5.74, 6) is 1.43. The first-order chi connectivity index (χ1) is 11.2. The highest BCUT2D eigenvalue weighted by Gasteiger charge is 2.39. The minimum Gasteiger partial charge on any atom is -0.226 e. The first-order valence-corrected chi connectivity index (χ1v) is 8.92. The molecule has 0 saturated carbocycles. The summed E-state index contributed by atoms with van der Waals surface area (Å²) in [6.45, 7) is 17.6. The van der Waals surface area contributed by atoms with Crippen LogP contribution in [0.1, 0.15) is 46.5 Å². The van der Waals surface area contributed by atoms with E-state index in [0.717, 1.165) is 17.8 Å². The number of halogens is 1. The van der Waals surface area contributed by atoms with Gasteiger partial charge in [-0.15, -0.1) is 7.86 Å². The molecule has 0 amide bonds. The molecule has 1 aromatic heterocycles. The summed E-state index contributed by atoms with van der Waals surface area (Å²) in [5, 5.41) is 0. The topological polar surface area (TPSA) is 8.81 Å². The number of aromatic nitrogens is 2. The zero-order valence-corrected chi connectivity index (χ0v) is 15.8. The van der Waals surface area contributed by atoms with E-state index >= 15 is 0 Å². The number of allylic oxidation sites excluding steroid dienone is 6. The standard InChI is InChI=1S/C15H18FN2S.2C2H6/c1-4-6-8-13(7-5-2)15-12(3)11-14-17(15)9-10-18(14)19-16;2*1-2/h4-10,12,15H,1-2,11H2,3H3;2*1-2H3/q+1;;/b8-6-,13-7+;;. The molecule has 2 unspecified atom stereocenters. The zero-order valence-electron chi connectivity index (χ0n) is 15.0. The Morgan fingerprint density at radius 3 is 2.48 bits per heavy atom. The van der Waals surface area contributed by atoms with Crippen molar-refractivity contribution in [2.45, 2.75) is 47.1 Å². The van der Waals surface area contributed by atoms with Crippen LogP contribution in [0.3, 0.4) is 0 Å². The van der Waals surface area contributed by atoms with Gasteiger partial charge in [-0.2, -0.15) is 0 Å². The molecule has 1 aliphatic rings. The van der Waals surface area contributed by atoms with E-state index in [1.165, 1.54) is 0 Å². The van der Waals surface area contributed by atoms with Gasteiger partial charge in [-0.1, -0.05) is 78.2 Å². The van der Waals surface area contributed by atoms with Gasteiger partial charge in [0.15, 0.2) is 0 Å². The summed E-state index contributed by atoms with van der Waals surface area (Å²) in [4.78, 5) is 0. The Morgan fingerprint density at radius 1 is 1.30 bits per heavy atom. The Bertz CT molecular complexity index is 544. The van der Waals surface area contributed by atoms with Crippen molar-refractivity contribution in [2.75, 3.05) is 0 Å². The van der Waals surface area contributed by atoms with E-state index < -0.39 is 0 Å². The van der Waals surface area contributed by atoms with E-state index in [1.54, 1.807) is 22.3 Å². The number of rotatable bonds is 5. The molecule has 2 nitrogen and oxygen atoms in total. The zero-order chi connectivity index (χ0) is 17.8. The maximum Gasteiger partial charge on any atom is 0.277 e. The summed E-state index contributed by atoms with van der Waals surface area (Å²) >= 11 is 0.250. The lowest BCUT2D eigenvalue weighted by molar-refractivity contribution is -0.710. The van der Waals surface area contributed by atoms with Gasteiger partial charge in [-0.05, 0) is 5.57 Å². The Hall–Kier alpha value is -1.55. The second-order valence-corrected chi connectivity index (χ2v) is 5.17. The molecule has 2 rings (SSSR count). The average Bonchev–Trinajstić information content (AvgIpc) is 3.13. The van der Waals surface area contributed by atoms with Gasteiger partial charge in [0, 0.05) is 5.92 Å². The summed E-state index contributed by atoms with van der Waals surface area (Å²) in [6.07, 6.45) is 14.1. The van der Waals surface area contributed by atoms with Gasteiger partial charge in [-0.3, -0.25) is 0 Å². The molecular weight excluding hydrogens is 307 g/mol. The van der Waals surface area contributed by atoms with Gasteiger partial charge < -0.3 is 0 Å². The third-order valence-corrected chi connectivity index (χ3v) is 3.89. The highest BCUT2D eigenvalue weighted by molar-refractivity contribution is 7.92. The molecule has 0 bridgehead atoms. The number of hydrogen-bond donors (Lipinski definition) is 0. The number of hydrogen-bond acceptors (Lipinski definition) is 1. The first kappa shape index (κ1) is 21.4. The Morgan fingerprint density at radius 2 is 1.96 bits per heavy atom. The van der Waals surface area contributed by atoms with Crippen LogP contribution in [0.5, 0.6) is 0 Å². The van der Waals surface area contributed by atoms with Crippen LogP contribution in [0.25, 0.3) is 0 Å². The monoisotopic (exact) mass is 337 g/mol. The van der Waals surface area contributed by atoms with Gasteiger partial charge >= 0.3 is 0 Å². The van der Waals surface area contributed by atoms with Gasteiger partial charge in [0.25, 0.3) is 18.2 Å². The summed E-state index contributed by atoms with van der Waals surface area (Å²) in [6, 6.07) is 0.220. The van der Waals surface area contributed by atoms with Crippen LogP contribution in [0.15, 0.2) is 61.5 Å². The maximum atomic E-state index is 12.8. The van der Waals surface area contributed by atoms with Crippen molar-refractivity contribution in [1.82, 2.24) is 3.97 Å². The van der Waals surface area contributed by atoms with E-state index in [9.17, 15) is 3.89 Å². The van der Waals surface area contributed by atoms with Crippen LogP contribution in [-0.4, -0.2) is 3.97 Å². The fourth-order valence-electron chi connectivity index (χ4n) is 2.66. The fraction of sp³-hybridized carbons (Fsp3) is 0.421. The summed E-state index contributed by atoms with van der Waals surface area (Å²) in [5.41, 5.74) is 1.16. The van der Waals surface area contributed by atoms with Crippen molar-refractivity contribution in [3.63, 3.8) is 0 Å². The predicted octanol–water partition coefficient (Wildman–Crippen LogP) is 5.80. The smallest absolute Gasteiger partial charge is 0.226 e. The van der Waals surface area contributed by atoms with Gasteiger partial charge in [-0.25, -0.2) is 4.57 Å². The van der Waals surface area contributed by atoms with E-state index in [1.807, 2.05) is 52.1 Å². The third-order valence-electron chi connectivity index (χ3n) is 3.41. The van der Waals surface area contributed by atoms with Crippen LogP contribution >= 0.6 is 12.3 Å². The second kappa shape index (κ2) is 11.9. The van der Waals surface area contributed by atoms with E-state index in [2.05, 4.69) is 24.6 Å². The lowest BCUT2D eigenvalue weighted by Gasteiger charge is -2.14. The molecule has 1 aromatic rings. The lowest BCUT2D eigenvalue weighted by atomic mass is 9.94. The maximum absolute atomic E-state index is 12.8. The van der Waals surface area contributed by atoms with Crippen LogP contribution < -0.4 is 4.57 Å². The van der Waals surface area contributed by atoms with E-state index in [0.29, 0.717) is 5.92 Å². The summed E-state index contributed by atoms with van der Waals surface area (Å²) in [7, 11) is 0. The van der Waals surface area contributed by atoms with Crippen molar-refractivity contribution in [3.05, 3.63) is 67.3 Å². The molecule has 2 atom stereocenters. The molecular formula is C19H30FN2S+. The Balaban J connectivity index is 0.00000112. The second-order valence-electron chi connectivity index (χ2n) is 4.64. The van der Waals surface area contributed by atoms with E-state index in [-0.39, 0.29) is 18.4 Å². The quantitative estimate of drug-likeness (QED) is 0.487. The fourth-order valence-corrected chi connectivity index (χ4v) is 3.01. The van der Waals surface area contributed by atoms with Crippen LogP contribution in [0.4, 0.5) is 3.89 Å². The Labute approximate surface area is 145 Å². The molecule has 4 heteroatoms. The SMILES string of the molecule is C=C/C=C\C(=C/C=C)C1C(C)Cc2n(SF)cc[n+]21.CC.CC. The normalized spacial score (nSPS) is 19.3. The third kappa shape index (κ3) is 5.24. The van der Waals surface area contributed by atoms with E-state index in [4.69, 9.17) is 0 Å². The number of fused-ring (bicyclic) bond motifs is 1. The molecule has 128 valence electrons. The largest absolute Gasteiger partial charge is 0.277 e. The molecule has 0 spiro atoms. The number of imidazole rings is 1. The highest BCUT2D eigenvalue weighted by atomic mass is 32.2. The molecule has 0 radical (unpaired) electrons. The van der Waals surface area contributed by atoms with Crippen LogP contribution in [-0.2, 0) is 6.42 Å². The number of nitrogens with zero attached hydrogens (tertiary/aromatic N) is 2. The highest BCUT2D eigenvalue weighted by Crippen LogP contribution is 2.32. The molecule has 0 aromatic carbocycles. The van der Waals surface area contributed by atoms with Gasteiger partial charge in [0.05, 0.1) is 6.42 Å². The van der Waals surface area contributed by atoms with Crippen molar-refractivity contribution in [3.8, 4) is 0 Å². The van der Waals surface area contributed by atoms with Crippen molar-refractivity contribution < 1.29 is 8.45 Å². The van der Waals surface area contributed by atoms with Gasteiger partial charge in [0.2, 0.25) is 0 Å².